The van der Waals surface area contributed by atoms with Crippen LogP contribution in [0.25, 0.3) is 0 Å². The van der Waals surface area contributed by atoms with Gasteiger partial charge in [-0.1, -0.05) is 13.8 Å². The number of nitrogens with one attached hydrogen (secondary N) is 2. The minimum atomic E-state index is -3.65. The molecule has 1 aromatic carbocycles. The number of hydrogen-bond acceptors (Lipinski definition) is 4. The zero-order chi connectivity index (χ0) is 15.5. The maximum Gasteiger partial charge on any atom is 0.263 e. The van der Waals surface area contributed by atoms with Crippen LogP contribution in [0.3, 0.4) is 0 Å². The highest BCUT2D eigenvalue weighted by Crippen LogP contribution is 2.20. The summed E-state index contributed by atoms with van der Waals surface area (Å²) in [4.78, 5) is 0.167. The Kier molecular flexibility index (Phi) is 4.52. The maximum atomic E-state index is 12.2. The average Bonchev–Trinajstić information content (AvgIpc) is 2.88. The monoisotopic (exact) mass is 309 g/mol. The van der Waals surface area contributed by atoms with Crippen molar-refractivity contribution in [3.05, 3.63) is 36.0 Å². The highest BCUT2D eigenvalue weighted by molar-refractivity contribution is 7.92. The number of H-pyrrole nitrogens is 1. The minimum Gasteiger partial charge on any atom is -0.494 e. The van der Waals surface area contributed by atoms with Crippen molar-refractivity contribution in [3.8, 4) is 5.75 Å². The van der Waals surface area contributed by atoms with Gasteiger partial charge in [0, 0.05) is 11.8 Å². The predicted octanol–water partition coefficient (Wildman–Crippen LogP) is 2.73. The average molecular weight is 309 g/mol. The first-order valence-electron chi connectivity index (χ1n) is 6.73. The van der Waals surface area contributed by atoms with Crippen molar-refractivity contribution in [2.24, 2.45) is 0 Å². The van der Waals surface area contributed by atoms with Crippen LogP contribution < -0.4 is 9.46 Å². The van der Waals surface area contributed by atoms with Crippen molar-refractivity contribution in [2.75, 3.05) is 11.3 Å². The summed E-state index contributed by atoms with van der Waals surface area (Å²) in [5.41, 5.74) is 0.874. The highest BCUT2D eigenvalue weighted by atomic mass is 32.2. The first-order chi connectivity index (χ1) is 9.92. The van der Waals surface area contributed by atoms with Gasteiger partial charge in [-0.25, -0.2) is 8.42 Å². The minimum absolute atomic E-state index is 0.167. The van der Waals surface area contributed by atoms with Crippen molar-refractivity contribution in [1.82, 2.24) is 10.2 Å². The number of rotatable bonds is 6. The SMILES string of the molecule is CCOc1ccc(S(=O)(=O)Nc2cc(C(C)C)[nH]n2)cc1. The van der Waals surface area contributed by atoms with Crippen LogP contribution in [-0.2, 0) is 10.0 Å². The maximum absolute atomic E-state index is 12.2. The van der Waals surface area contributed by atoms with Crippen LogP contribution in [0.15, 0.2) is 35.2 Å². The van der Waals surface area contributed by atoms with E-state index in [9.17, 15) is 8.42 Å². The van der Waals surface area contributed by atoms with Gasteiger partial charge in [0.2, 0.25) is 0 Å². The number of aromatic nitrogens is 2. The van der Waals surface area contributed by atoms with E-state index in [0.29, 0.717) is 12.4 Å². The van der Waals surface area contributed by atoms with Crippen LogP contribution in [-0.4, -0.2) is 25.2 Å². The van der Waals surface area contributed by atoms with E-state index < -0.39 is 10.0 Å². The Morgan fingerprint density at radius 1 is 1.29 bits per heavy atom. The van der Waals surface area contributed by atoms with Crippen molar-refractivity contribution >= 4 is 15.8 Å². The summed E-state index contributed by atoms with van der Waals surface area (Å²) in [6.07, 6.45) is 0. The van der Waals surface area contributed by atoms with E-state index in [1.807, 2.05) is 20.8 Å². The molecule has 114 valence electrons. The highest BCUT2D eigenvalue weighted by Gasteiger charge is 2.16. The van der Waals surface area contributed by atoms with Gasteiger partial charge in [0.25, 0.3) is 10.0 Å². The Hall–Kier alpha value is -2.02. The summed E-state index contributed by atoms with van der Waals surface area (Å²) in [6, 6.07) is 7.95. The van der Waals surface area contributed by atoms with Crippen LogP contribution >= 0.6 is 0 Å². The molecule has 0 saturated heterocycles. The van der Waals surface area contributed by atoms with Gasteiger partial charge in [-0.15, -0.1) is 0 Å². The molecule has 0 unspecified atom stereocenters. The standard InChI is InChI=1S/C14H19N3O3S/c1-4-20-11-5-7-12(8-6-11)21(18,19)17-14-9-13(10(2)3)15-16-14/h5-10H,4H2,1-3H3,(H2,15,16,17). The van der Waals surface area contributed by atoms with E-state index in [1.54, 1.807) is 18.2 Å². The zero-order valence-corrected chi connectivity index (χ0v) is 13.1. The van der Waals surface area contributed by atoms with Crippen LogP contribution in [0.5, 0.6) is 5.75 Å². The largest absolute Gasteiger partial charge is 0.494 e. The number of hydrogen-bond donors (Lipinski definition) is 2. The normalized spacial score (nSPS) is 11.6. The molecule has 0 aliphatic carbocycles. The van der Waals surface area contributed by atoms with Gasteiger partial charge in [0.1, 0.15) is 5.75 Å². The Morgan fingerprint density at radius 3 is 2.48 bits per heavy atom. The second-order valence-corrected chi connectivity index (χ2v) is 6.56. The number of anilines is 1. The first-order valence-corrected chi connectivity index (χ1v) is 8.21. The second kappa shape index (κ2) is 6.17. The zero-order valence-electron chi connectivity index (χ0n) is 12.3. The van der Waals surface area contributed by atoms with Gasteiger partial charge < -0.3 is 4.74 Å². The Balaban J connectivity index is 2.17. The fourth-order valence-electron chi connectivity index (χ4n) is 1.76. The third-order valence-corrected chi connectivity index (χ3v) is 4.27. The lowest BCUT2D eigenvalue weighted by Gasteiger charge is -2.07. The molecule has 1 heterocycles. The molecule has 0 atom stereocenters. The van der Waals surface area contributed by atoms with Crippen molar-refractivity contribution in [1.29, 1.82) is 0 Å². The van der Waals surface area contributed by atoms with Crippen molar-refractivity contribution in [2.45, 2.75) is 31.6 Å². The number of aromatic amines is 1. The fourth-order valence-corrected chi connectivity index (χ4v) is 2.76. The molecule has 0 aliphatic rings. The third-order valence-electron chi connectivity index (χ3n) is 2.90. The number of nitrogens with zero attached hydrogens (tertiary/aromatic N) is 1. The lowest BCUT2D eigenvalue weighted by molar-refractivity contribution is 0.340. The summed E-state index contributed by atoms with van der Waals surface area (Å²) in [5, 5.41) is 6.76. The Morgan fingerprint density at radius 2 is 1.95 bits per heavy atom. The molecule has 21 heavy (non-hydrogen) atoms. The predicted molar refractivity (Wildman–Crippen MR) is 81.1 cm³/mol. The van der Waals surface area contributed by atoms with E-state index in [1.165, 1.54) is 12.1 Å². The van der Waals surface area contributed by atoms with Crippen LogP contribution in [0.2, 0.25) is 0 Å². The fraction of sp³-hybridized carbons (Fsp3) is 0.357. The molecule has 0 fully saturated rings. The van der Waals surface area contributed by atoms with E-state index in [2.05, 4.69) is 14.9 Å². The molecular weight excluding hydrogens is 290 g/mol. The Bertz CT molecular complexity index is 691. The number of sulfonamides is 1. The Labute approximate surface area is 124 Å². The summed E-state index contributed by atoms with van der Waals surface area (Å²) in [6.45, 7) is 6.40. The third kappa shape index (κ3) is 3.75. The van der Waals surface area contributed by atoms with Gasteiger partial charge in [-0.2, -0.15) is 5.10 Å². The van der Waals surface area contributed by atoms with E-state index in [0.717, 1.165) is 5.69 Å². The van der Waals surface area contributed by atoms with Crippen LogP contribution in [0, 0.1) is 0 Å². The molecule has 0 aliphatic heterocycles. The summed E-state index contributed by atoms with van der Waals surface area (Å²) >= 11 is 0. The van der Waals surface area contributed by atoms with Gasteiger partial charge in [0.05, 0.1) is 11.5 Å². The van der Waals surface area contributed by atoms with Crippen LogP contribution in [0.4, 0.5) is 5.82 Å². The molecule has 2 aromatic rings. The molecule has 0 spiro atoms. The molecular formula is C14H19N3O3S. The summed E-state index contributed by atoms with van der Waals surface area (Å²) < 4.78 is 32.2. The topological polar surface area (TPSA) is 84.1 Å². The molecule has 0 radical (unpaired) electrons. The van der Waals surface area contributed by atoms with E-state index in [4.69, 9.17) is 4.74 Å². The first kappa shape index (κ1) is 15.4. The summed E-state index contributed by atoms with van der Waals surface area (Å²) in [5.74, 6) is 1.17. The molecule has 0 bridgehead atoms. The van der Waals surface area contributed by atoms with E-state index >= 15 is 0 Å². The van der Waals surface area contributed by atoms with Crippen molar-refractivity contribution < 1.29 is 13.2 Å². The number of benzene rings is 1. The van der Waals surface area contributed by atoms with Crippen molar-refractivity contribution in [3.63, 3.8) is 0 Å². The van der Waals surface area contributed by atoms with E-state index in [-0.39, 0.29) is 16.6 Å². The lowest BCUT2D eigenvalue weighted by atomic mass is 10.1. The van der Waals surface area contributed by atoms with Gasteiger partial charge in [0.15, 0.2) is 5.82 Å². The molecule has 2 N–H and O–H groups in total. The molecule has 2 rings (SSSR count). The summed E-state index contributed by atoms with van der Waals surface area (Å²) in [7, 11) is -3.65. The van der Waals surface area contributed by atoms with Gasteiger partial charge >= 0.3 is 0 Å². The lowest BCUT2D eigenvalue weighted by Crippen LogP contribution is -2.13. The second-order valence-electron chi connectivity index (χ2n) is 4.87. The van der Waals surface area contributed by atoms with Crippen LogP contribution in [0.1, 0.15) is 32.4 Å². The molecule has 1 aromatic heterocycles. The van der Waals surface area contributed by atoms with Gasteiger partial charge in [-0.05, 0) is 37.1 Å². The van der Waals surface area contributed by atoms with Gasteiger partial charge in [-0.3, -0.25) is 9.82 Å². The molecule has 0 saturated carbocycles. The quantitative estimate of drug-likeness (QED) is 0.859. The smallest absolute Gasteiger partial charge is 0.263 e. The molecule has 6 nitrogen and oxygen atoms in total. The molecule has 0 amide bonds. The molecule has 7 heteroatoms. The number of ether oxygens (including phenoxy) is 1.